The van der Waals surface area contributed by atoms with Gasteiger partial charge in [-0.05, 0) is 46.5 Å². The highest BCUT2D eigenvalue weighted by Gasteiger charge is 2.32. The number of carbonyl (C=O) groups excluding carboxylic acids is 1. The monoisotopic (exact) mass is 340 g/mol. The predicted molar refractivity (Wildman–Crippen MR) is 92.3 cm³/mol. The highest BCUT2D eigenvalue weighted by atomic mass is 16.2. The zero-order valence-electron chi connectivity index (χ0n) is 15.1. The molecule has 1 saturated carbocycles. The van der Waals surface area contributed by atoms with Gasteiger partial charge < -0.3 is 4.90 Å². The second-order valence-corrected chi connectivity index (χ2v) is 7.26. The smallest absolute Gasteiger partial charge is 0.274 e. The average molecular weight is 340 g/mol. The Morgan fingerprint density at radius 2 is 1.88 bits per heavy atom. The second kappa shape index (κ2) is 6.20. The molecule has 7 heteroatoms. The van der Waals surface area contributed by atoms with Crippen molar-refractivity contribution in [3.05, 3.63) is 34.7 Å². The molecule has 7 nitrogen and oxygen atoms in total. The maximum absolute atomic E-state index is 13.0. The van der Waals surface area contributed by atoms with Crippen molar-refractivity contribution in [2.75, 3.05) is 6.54 Å². The number of amides is 1. The van der Waals surface area contributed by atoms with Gasteiger partial charge in [-0.1, -0.05) is 5.21 Å². The molecular weight excluding hydrogens is 316 g/mol. The van der Waals surface area contributed by atoms with Crippen LogP contribution in [-0.4, -0.2) is 48.4 Å². The summed E-state index contributed by atoms with van der Waals surface area (Å²) in [5, 5.41) is 8.52. The average Bonchev–Trinajstić information content (AvgIpc) is 3.15. The Labute approximate surface area is 147 Å². The lowest BCUT2D eigenvalue weighted by Gasteiger charge is -2.24. The highest BCUT2D eigenvalue weighted by molar-refractivity contribution is 5.93. The minimum Gasteiger partial charge on any atom is -0.332 e. The summed E-state index contributed by atoms with van der Waals surface area (Å²) in [6.07, 6.45) is 6.48. The Morgan fingerprint density at radius 1 is 1.12 bits per heavy atom. The number of aryl methyl sites for hydroxylation is 3. The number of rotatable bonds is 4. The van der Waals surface area contributed by atoms with Crippen LogP contribution in [0.2, 0.25) is 0 Å². The molecule has 0 unspecified atom stereocenters. The van der Waals surface area contributed by atoms with Crippen LogP contribution in [0.4, 0.5) is 0 Å². The Hall–Kier alpha value is -2.31. The van der Waals surface area contributed by atoms with E-state index >= 15 is 0 Å². The Bertz CT molecular complexity index is 810. The summed E-state index contributed by atoms with van der Waals surface area (Å²) in [4.78, 5) is 23.9. The van der Waals surface area contributed by atoms with Gasteiger partial charge in [-0.2, -0.15) is 0 Å². The molecule has 0 radical (unpaired) electrons. The van der Waals surface area contributed by atoms with Crippen LogP contribution in [-0.2, 0) is 6.54 Å². The van der Waals surface area contributed by atoms with Crippen molar-refractivity contribution < 1.29 is 4.79 Å². The van der Waals surface area contributed by atoms with E-state index in [0.29, 0.717) is 23.9 Å². The zero-order chi connectivity index (χ0) is 17.6. The van der Waals surface area contributed by atoms with Gasteiger partial charge in [0.15, 0.2) is 0 Å². The fourth-order valence-electron chi connectivity index (χ4n) is 3.53. The van der Waals surface area contributed by atoms with Crippen molar-refractivity contribution in [1.82, 2.24) is 29.9 Å². The molecule has 1 aliphatic heterocycles. The molecule has 2 fully saturated rings. The van der Waals surface area contributed by atoms with Gasteiger partial charge >= 0.3 is 0 Å². The first-order valence-corrected chi connectivity index (χ1v) is 9.05. The minimum absolute atomic E-state index is 0.0156. The Balaban J connectivity index is 1.52. The lowest BCUT2D eigenvalue weighted by atomic mass is 10.2. The van der Waals surface area contributed by atoms with E-state index in [4.69, 9.17) is 0 Å². The summed E-state index contributed by atoms with van der Waals surface area (Å²) in [6.45, 7) is 7.14. The molecule has 1 atom stereocenters. The SMILES string of the molecule is Cc1nc(C)c(C(=O)N2CCC[C@H]2Cn2cc(C3CC3)nn2)nc1C. The van der Waals surface area contributed by atoms with Gasteiger partial charge in [0.1, 0.15) is 5.69 Å². The van der Waals surface area contributed by atoms with E-state index in [2.05, 4.69) is 20.3 Å². The molecule has 4 rings (SSSR count). The fourth-order valence-corrected chi connectivity index (χ4v) is 3.53. The summed E-state index contributed by atoms with van der Waals surface area (Å²) in [5.74, 6) is 0.585. The fraction of sp³-hybridized carbons (Fsp3) is 0.611. The van der Waals surface area contributed by atoms with Crippen LogP contribution in [0.5, 0.6) is 0 Å². The lowest BCUT2D eigenvalue weighted by molar-refractivity contribution is 0.0713. The van der Waals surface area contributed by atoms with Gasteiger partial charge in [0.05, 0.1) is 35.4 Å². The first kappa shape index (κ1) is 16.2. The third-order valence-electron chi connectivity index (χ3n) is 5.27. The molecule has 0 bridgehead atoms. The largest absolute Gasteiger partial charge is 0.332 e. The molecule has 25 heavy (non-hydrogen) atoms. The maximum atomic E-state index is 13.0. The molecule has 2 aromatic rings. The topological polar surface area (TPSA) is 76.8 Å². The molecule has 3 heterocycles. The molecule has 132 valence electrons. The van der Waals surface area contributed by atoms with E-state index in [-0.39, 0.29) is 11.9 Å². The minimum atomic E-state index is -0.0156. The molecule has 1 aliphatic carbocycles. The standard InChI is InChI=1S/C18H24N6O/c1-11-12(2)20-17(13(3)19-11)18(25)24-8-4-5-15(24)9-23-10-16(21-22-23)14-6-7-14/h10,14-15H,4-9H2,1-3H3/t15-/m0/s1. The third-order valence-corrected chi connectivity index (χ3v) is 5.27. The van der Waals surface area contributed by atoms with Gasteiger partial charge in [-0.15, -0.1) is 5.10 Å². The van der Waals surface area contributed by atoms with E-state index in [9.17, 15) is 4.79 Å². The first-order valence-electron chi connectivity index (χ1n) is 9.05. The normalized spacial score (nSPS) is 20.3. The van der Waals surface area contributed by atoms with Crippen molar-refractivity contribution in [1.29, 1.82) is 0 Å². The van der Waals surface area contributed by atoms with Crippen LogP contribution in [0.15, 0.2) is 6.20 Å². The Morgan fingerprint density at radius 3 is 2.64 bits per heavy atom. The van der Waals surface area contributed by atoms with E-state index < -0.39 is 0 Å². The molecule has 2 aliphatic rings. The zero-order valence-corrected chi connectivity index (χ0v) is 15.1. The molecule has 1 saturated heterocycles. The molecule has 0 N–H and O–H groups in total. The highest BCUT2D eigenvalue weighted by Crippen LogP contribution is 2.38. The van der Waals surface area contributed by atoms with Crippen molar-refractivity contribution in [3.63, 3.8) is 0 Å². The first-order chi connectivity index (χ1) is 12.0. The number of hydrogen-bond acceptors (Lipinski definition) is 5. The quantitative estimate of drug-likeness (QED) is 0.852. The van der Waals surface area contributed by atoms with Crippen LogP contribution >= 0.6 is 0 Å². The second-order valence-electron chi connectivity index (χ2n) is 7.26. The summed E-state index contributed by atoms with van der Waals surface area (Å²) in [6, 6.07) is 0.143. The van der Waals surface area contributed by atoms with Crippen LogP contribution in [0, 0.1) is 20.8 Å². The molecule has 1 amide bonds. The van der Waals surface area contributed by atoms with E-state index in [1.807, 2.05) is 36.5 Å². The van der Waals surface area contributed by atoms with Crippen LogP contribution in [0.25, 0.3) is 0 Å². The van der Waals surface area contributed by atoms with Crippen molar-refractivity contribution in [2.24, 2.45) is 0 Å². The van der Waals surface area contributed by atoms with Crippen molar-refractivity contribution in [3.8, 4) is 0 Å². The Kier molecular flexibility index (Phi) is 4.01. The van der Waals surface area contributed by atoms with Crippen molar-refractivity contribution >= 4 is 5.91 Å². The lowest BCUT2D eigenvalue weighted by Crippen LogP contribution is -2.39. The van der Waals surface area contributed by atoms with Crippen molar-refractivity contribution in [2.45, 2.75) is 65.0 Å². The molecule has 2 aromatic heterocycles. The summed E-state index contributed by atoms with van der Waals surface area (Å²) in [5.41, 5.74) is 3.96. The van der Waals surface area contributed by atoms with E-state index in [1.165, 1.54) is 12.8 Å². The third kappa shape index (κ3) is 3.15. The van der Waals surface area contributed by atoms with Gasteiger partial charge in [-0.3, -0.25) is 14.5 Å². The van der Waals surface area contributed by atoms with Gasteiger partial charge in [0.25, 0.3) is 5.91 Å². The summed E-state index contributed by atoms with van der Waals surface area (Å²) < 4.78 is 1.89. The predicted octanol–water partition coefficient (Wildman–Crippen LogP) is 2.18. The molecule has 0 aromatic carbocycles. The van der Waals surface area contributed by atoms with Gasteiger partial charge in [-0.25, -0.2) is 4.98 Å². The summed E-state index contributed by atoms with van der Waals surface area (Å²) >= 11 is 0. The molecular formula is C18H24N6O. The van der Waals surface area contributed by atoms with Crippen LogP contribution in [0.1, 0.15) is 64.9 Å². The van der Waals surface area contributed by atoms with Gasteiger partial charge in [0, 0.05) is 18.7 Å². The summed E-state index contributed by atoms with van der Waals surface area (Å²) in [7, 11) is 0. The van der Waals surface area contributed by atoms with E-state index in [1.54, 1.807) is 0 Å². The molecule has 0 spiro atoms. The number of nitrogens with zero attached hydrogens (tertiary/aromatic N) is 6. The van der Waals surface area contributed by atoms with E-state index in [0.717, 1.165) is 36.5 Å². The van der Waals surface area contributed by atoms with Crippen LogP contribution in [0.3, 0.4) is 0 Å². The number of aromatic nitrogens is 5. The van der Waals surface area contributed by atoms with Gasteiger partial charge in [0.2, 0.25) is 0 Å². The number of hydrogen-bond donors (Lipinski definition) is 0. The van der Waals surface area contributed by atoms with Crippen LogP contribution < -0.4 is 0 Å². The number of likely N-dealkylation sites (tertiary alicyclic amines) is 1. The maximum Gasteiger partial charge on any atom is 0.274 e. The number of carbonyl (C=O) groups is 1.